The average molecular weight is 447 g/mol. The van der Waals surface area contributed by atoms with Crippen molar-refractivity contribution in [3.63, 3.8) is 0 Å². The van der Waals surface area contributed by atoms with E-state index in [1.807, 2.05) is 59.0 Å². The second kappa shape index (κ2) is 9.83. The van der Waals surface area contributed by atoms with Crippen LogP contribution in [0.1, 0.15) is 58.2 Å². The van der Waals surface area contributed by atoms with Gasteiger partial charge < -0.3 is 14.8 Å². The molecule has 1 aliphatic heterocycles. The Hall–Kier alpha value is -2.38. The monoisotopic (exact) mass is 446 g/mol. The first kappa shape index (κ1) is 23.3. The summed E-state index contributed by atoms with van der Waals surface area (Å²) in [5, 5.41) is 3.44. The van der Waals surface area contributed by atoms with Gasteiger partial charge >= 0.3 is 6.09 Å². The van der Waals surface area contributed by atoms with Crippen LogP contribution < -0.4 is 10.1 Å². The third-order valence-corrected chi connectivity index (χ3v) is 5.03. The molecule has 8 heteroatoms. The maximum Gasteiger partial charge on any atom is 0.407 e. The summed E-state index contributed by atoms with van der Waals surface area (Å²) >= 11 is 6.01. The molecule has 3 rings (SSSR count). The molecular weight excluding hydrogens is 416 g/mol. The van der Waals surface area contributed by atoms with Gasteiger partial charge in [-0.3, -0.25) is 4.90 Å². The summed E-state index contributed by atoms with van der Waals surface area (Å²) in [7, 11) is 0. The van der Waals surface area contributed by atoms with Crippen molar-refractivity contribution in [3.8, 4) is 5.88 Å². The van der Waals surface area contributed by atoms with E-state index in [1.165, 1.54) is 0 Å². The van der Waals surface area contributed by atoms with Gasteiger partial charge in [0.05, 0.1) is 12.1 Å². The van der Waals surface area contributed by atoms with Crippen LogP contribution in [0.2, 0.25) is 5.15 Å². The van der Waals surface area contributed by atoms with Gasteiger partial charge in [0.2, 0.25) is 5.88 Å². The number of ether oxygens (including phenoxy) is 2. The average Bonchev–Trinajstić information content (AvgIpc) is 3.10. The summed E-state index contributed by atoms with van der Waals surface area (Å²) in [4.78, 5) is 23.2. The molecule has 2 aromatic rings. The summed E-state index contributed by atoms with van der Waals surface area (Å²) in [5.41, 5.74) is 1.52. The first-order chi connectivity index (χ1) is 14.6. The van der Waals surface area contributed by atoms with E-state index in [4.69, 9.17) is 21.1 Å². The number of nitrogens with one attached hydrogen (secondary N) is 1. The predicted octanol–water partition coefficient (Wildman–Crippen LogP) is 4.61. The van der Waals surface area contributed by atoms with Gasteiger partial charge in [-0.2, -0.15) is 0 Å². The van der Waals surface area contributed by atoms with Crippen molar-refractivity contribution in [1.82, 2.24) is 20.2 Å². The molecule has 0 radical (unpaired) electrons. The molecule has 0 spiro atoms. The van der Waals surface area contributed by atoms with Gasteiger partial charge in [-0.15, -0.1) is 0 Å². The summed E-state index contributed by atoms with van der Waals surface area (Å²) in [6.45, 7) is 11.0. The lowest BCUT2D eigenvalue weighted by Gasteiger charge is -2.29. The van der Waals surface area contributed by atoms with Gasteiger partial charge in [-0.25, -0.2) is 14.8 Å². The summed E-state index contributed by atoms with van der Waals surface area (Å²) in [6, 6.07) is 7.63. The van der Waals surface area contributed by atoms with Gasteiger partial charge in [0, 0.05) is 37.6 Å². The highest BCUT2D eigenvalue weighted by molar-refractivity contribution is 6.29. The molecule has 1 unspecified atom stereocenters. The van der Waals surface area contributed by atoms with Crippen molar-refractivity contribution in [2.24, 2.45) is 0 Å². The van der Waals surface area contributed by atoms with E-state index in [-0.39, 0.29) is 24.3 Å². The molecule has 31 heavy (non-hydrogen) atoms. The van der Waals surface area contributed by atoms with Crippen molar-refractivity contribution in [2.75, 3.05) is 13.1 Å². The number of likely N-dealkylation sites (tertiary alicyclic amines) is 1. The van der Waals surface area contributed by atoms with Crippen molar-refractivity contribution >= 4 is 17.7 Å². The normalized spacial score (nSPS) is 18.1. The van der Waals surface area contributed by atoms with Gasteiger partial charge in [-0.1, -0.05) is 23.7 Å². The van der Waals surface area contributed by atoms with E-state index in [9.17, 15) is 4.79 Å². The third-order valence-electron chi connectivity index (χ3n) is 4.80. The summed E-state index contributed by atoms with van der Waals surface area (Å²) < 4.78 is 11.1. The standard InChI is InChI=1S/C23H31ClN4O3/c1-15(2)30-20-9-7-17(13-26-20)21(16-6-8-19(24)25-12-16)28-11-10-18(14-28)27-22(29)31-23(3,4)5/h6-9,12-13,15,18,21H,10-11,14H2,1-5H3,(H,27,29)/t18-,21?/m1/s1. The molecule has 2 atom stereocenters. The number of hydrogen-bond donors (Lipinski definition) is 1. The smallest absolute Gasteiger partial charge is 0.407 e. The molecule has 1 amide bonds. The summed E-state index contributed by atoms with van der Waals surface area (Å²) in [6.07, 6.45) is 4.14. The van der Waals surface area contributed by atoms with Gasteiger partial charge in [0.1, 0.15) is 10.8 Å². The Morgan fingerprint density at radius 1 is 1.16 bits per heavy atom. The number of alkyl carbamates (subject to hydrolysis) is 1. The Balaban J connectivity index is 1.78. The minimum Gasteiger partial charge on any atom is -0.475 e. The molecule has 0 saturated carbocycles. The number of rotatable bonds is 6. The molecular formula is C23H31ClN4O3. The Morgan fingerprint density at radius 3 is 2.39 bits per heavy atom. The van der Waals surface area contributed by atoms with Crippen molar-refractivity contribution < 1.29 is 14.3 Å². The Morgan fingerprint density at radius 2 is 1.84 bits per heavy atom. The van der Waals surface area contributed by atoms with Gasteiger partial charge in [0.15, 0.2) is 0 Å². The maximum absolute atomic E-state index is 12.2. The van der Waals surface area contributed by atoms with E-state index < -0.39 is 5.60 Å². The zero-order chi connectivity index (χ0) is 22.6. The highest BCUT2D eigenvalue weighted by atomic mass is 35.5. The van der Waals surface area contributed by atoms with Crippen LogP contribution in [-0.2, 0) is 4.74 Å². The van der Waals surface area contributed by atoms with Crippen molar-refractivity contribution in [2.45, 2.75) is 64.8 Å². The minimum atomic E-state index is -0.522. The molecule has 7 nitrogen and oxygen atoms in total. The van der Waals surface area contributed by atoms with Crippen molar-refractivity contribution in [3.05, 3.63) is 52.9 Å². The number of aromatic nitrogens is 2. The fourth-order valence-electron chi connectivity index (χ4n) is 3.64. The molecule has 2 aromatic heterocycles. The lowest BCUT2D eigenvalue weighted by atomic mass is 10.0. The molecule has 3 heterocycles. The van der Waals surface area contributed by atoms with Crippen LogP contribution in [0.3, 0.4) is 0 Å². The highest BCUT2D eigenvalue weighted by Crippen LogP contribution is 2.32. The van der Waals surface area contributed by atoms with Gasteiger partial charge in [-0.05, 0) is 58.2 Å². The summed E-state index contributed by atoms with van der Waals surface area (Å²) in [5.74, 6) is 0.595. The lowest BCUT2D eigenvalue weighted by molar-refractivity contribution is 0.0505. The zero-order valence-electron chi connectivity index (χ0n) is 18.8. The van der Waals surface area contributed by atoms with Crippen LogP contribution in [0, 0.1) is 0 Å². The van der Waals surface area contributed by atoms with Crippen LogP contribution >= 0.6 is 11.6 Å². The van der Waals surface area contributed by atoms with E-state index in [0.29, 0.717) is 17.6 Å². The first-order valence-electron chi connectivity index (χ1n) is 10.6. The number of halogens is 1. The van der Waals surface area contributed by atoms with Crippen LogP contribution in [0.4, 0.5) is 4.79 Å². The second-order valence-electron chi connectivity index (χ2n) is 9.04. The van der Waals surface area contributed by atoms with Gasteiger partial charge in [0.25, 0.3) is 0 Å². The van der Waals surface area contributed by atoms with E-state index in [2.05, 4.69) is 20.2 Å². The number of carbonyl (C=O) groups excluding carboxylic acids is 1. The molecule has 0 aromatic carbocycles. The predicted molar refractivity (Wildman–Crippen MR) is 120 cm³/mol. The molecule has 1 saturated heterocycles. The third kappa shape index (κ3) is 6.80. The van der Waals surface area contributed by atoms with Crippen LogP contribution in [0.5, 0.6) is 5.88 Å². The number of pyridine rings is 2. The quantitative estimate of drug-likeness (QED) is 0.653. The number of amides is 1. The topological polar surface area (TPSA) is 76.6 Å². The largest absolute Gasteiger partial charge is 0.475 e. The molecule has 168 valence electrons. The Labute approximate surface area is 189 Å². The highest BCUT2D eigenvalue weighted by Gasteiger charge is 2.32. The van der Waals surface area contributed by atoms with Crippen LogP contribution in [0.15, 0.2) is 36.7 Å². The van der Waals surface area contributed by atoms with Crippen LogP contribution in [-0.4, -0.2) is 51.8 Å². The van der Waals surface area contributed by atoms with Crippen LogP contribution in [0.25, 0.3) is 0 Å². The SMILES string of the molecule is CC(C)Oc1ccc(C(c2ccc(Cl)nc2)N2CC[C@@H](NC(=O)OC(C)(C)C)C2)cn1. The second-order valence-corrected chi connectivity index (χ2v) is 9.43. The van der Waals surface area contributed by atoms with E-state index >= 15 is 0 Å². The number of nitrogens with zero attached hydrogens (tertiary/aromatic N) is 3. The fraction of sp³-hybridized carbons (Fsp3) is 0.522. The maximum atomic E-state index is 12.2. The molecule has 1 N–H and O–H groups in total. The number of carbonyl (C=O) groups is 1. The number of hydrogen-bond acceptors (Lipinski definition) is 6. The Kier molecular flexibility index (Phi) is 7.38. The zero-order valence-corrected chi connectivity index (χ0v) is 19.5. The van der Waals surface area contributed by atoms with E-state index in [1.54, 1.807) is 12.3 Å². The fourth-order valence-corrected chi connectivity index (χ4v) is 3.75. The van der Waals surface area contributed by atoms with E-state index in [0.717, 1.165) is 24.1 Å². The lowest BCUT2D eigenvalue weighted by Crippen LogP contribution is -2.41. The molecule has 0 aliphatic carbocycles. The molecule has 0 bridgehead atoms. The Bertz CT molecular complexity index is 866. The van der Waals surface area contributed by atoms with Crippen molar-refractivity contribution in [1.29, 1.82) is 0 Å². The minimum absolute atomic E-state index is 0.00844. The molecule has 1 aliphatic rings. The first-order valence-corrected chi connectivity index (χ1v) is 11.0. The molecule has 1 fully saturated rings.